The molecule has 4 nitrogen and oxygen atoms in total. The lowest BCUT2D eigenvalue weighted by Gasteiger charge is -2.20. The van der Waals surface area contributed by atoms with Crippen LogP contribution < -0.4 is 10.6 Å². The lowest BCUT2D eigenvalue weighted by Crippen LogP contribution is -2.33. The number of carbonyl (C=O) groups excluding carboxylic acids is 1. The molecule has 1 saturated heterocycles. The summed E-state index contributed by atoms with van der Waals surface area (Å²) >= 11 is 5.81. The minimum atomic E-state index is -0.495. The molecule has 1 unspecified atom stereocenters. The van der Waals surface area contributed by atoms with Crippen LogP contribution in [0.3, 0.4) is 0 Å². The largest absolute Gasteiger partial charge is 0.441 e. The minimum absolute atomic E-state index is 0.330. The van der Waals surface area contributed by atoms with Gasteiger partial charge in [0.15, 0.2) is 0 Å². The molecule has 0 radical (unpaired) electrons. The van der Waals surface area contributed by atoms with E-state index in [0.29, 0.717) is 24.5 Å². The van der Waals surface area contributed by atoms with Crippen molar-refractivity contribution in [2.45, 2.75) is 18.9 Å². The van der Waals surface area contributed by atoms with Crippen molar-refractivity contribution >= 4 is 23.4 Å². The summed E-state index contributed by atoms with van der Waals surface area (Å²) in [5, 5.41) is 0.644. The summed E-state index contributed by atoms with van der Waals surface area (Å²) in [7, 11) is 0. The maximum absolute atomic E-state index is 11.8. The van der Waals surface area contributed by atoms with Gasteiger partial charge in [0.2, 0.25) is 0 Å². The van der Waals surface area contributed by atoms with E-state index in [-0.39, 0.29) is 6.09 Å². The van der Waals surface area contributed by atoms with E-state index in [9.17, 15) is 4.79 Å². The Kier molecular flexibility index (Phi) is 3.26. The van der Waals surface area contributed by atoms with E-state index >= 15 is 0 Å². The van der Waals surface area contributed by atoms with Crippen molar-refractivity contribution in [2.75, 3.05) is 18.0 Å². The fourth-order valence-electron chi connectivity index (χ4n) is 1.95. The van der Waals surface area contributed by atoms with E-state index < -0.39 is 5.60 Å². The molecule has 0 spiro atoms. The molecule has 2 N–H and O–H groups in total. The van der Waals surface area contributed by atoms with Crippen molar-refractivity contribution in [2.24, 2.45) is 5.73 Å². The number of carbonyl (C=O) groups is 1. The third-order valence-corrected chi connectivity index (χ3v) is 3.11. The molecule has 0 saturated carbocycles. The number of halogens is 1. The predicted octanol–water partition coefficient (Wildman–Crippen LogP) is 2.40. The van der Waals surface area contributed by atoms with Crippen LogP contribution in [0.5, 0.6) is 0 Å². The molecule has 1 aliphatic rings. The van der Waals surface area contributed by atoms with E-state index in [2.05, 4.69) is 0 Å². The van der Waals surface area contributed by atoms with E-state index in [1.807, 2.05) is 6.92 Å². The van der Waals surface area contributed by atoms with Crippen molar-refractivity contribution in [1.82, 2.24) is 0 Å². The fraction of sp³-hybridized carbons (Fsp3) is 0.417. The summed E-state index contributed by atoms with van der Waals surface area (Å²) in [5.74, 6) is 0. The van der Waals surface area contributed by atoms with Gasteiger partial charge in [-0.05, 0) is 37.7 Å². The molecule has 1 atom stereocenters. The number of anilines is 1. The monoisotopic (exact) mass is 254 g/mol. The van der Waals surface area contributed by atoms with Gasteiger partial charge in [-0.2, -0.15) is 0 Å². The maximum Gasteiger partial charge on any atom is 0.415 e. The van der Waals surface area contributed by atoms with E-state index in [1.54, 1.807) is 29.2 Å². The summed E-state index contributed by atoms with van der Waals surface area (Å²) in [6, 6.07) is 7.11. The number of ether oxygens (including phenoxy) is 1. The Labute approximate surface area is 105 Å². The Hall–Kier alpha value is -1.26. The quantitative estimate of drug-likeness (QED) is 0.901. The average molecular weight is 255 g/mol. The van der Waals surface area contributed by atoms with Gasteiger partial charge in [0.05, 0.1) is 6.54 Å². The zero-order valence-electron chi connectivity index (χ0n) is 9.65. The first-order valence-corrected chi connectivity index (χ1v) is 5.88. The lowest BCUT2D eigenvalue weighted by atomic mass is 10.0. The van der Waals surface area contributed by atoms with Crippen LogP contribution in [0.2, 0.25) is 5.02 Å². The molecule has 17 heavy (non-hydrogen) atoms. The molecule has 0 bridgehead atoms. The van der Waals surface area contributed by atoms with Crippen LogP contribution in [0.4, 0.5) is 10.5 Å². The normalized spacial score (nSPS) is 23.9. The first-order valence-electron chi connectivity index (χ1n) is 5.50. The SMILES string of the molecule is CC1(CCN)CN(c2ccc(Cl)cc2)C(=O)O1. The third-order valence-electron chi connectivity index (χ3n) is 2.86. The van der Waals surface area contributed by atoms with Crippen LogP contribution in [0, 0.1) is 0 Å². The Morgan fingerprint density at radius 3 is 2.71 bits per heavy atom. The highest BCUT2D eigenvalue weighted by atomic mass is 35.5. The van der Waals surface area contributed by atoms with Crippen LogP contribution in [-0.4, -0.2) is 24.8 Å². The molecular formula is C12H15ClN2O2. The van der Waals surface area contributed by atoms with Crippen molar-refractivity contribution in [3.8, 4) is 0 Å². The molecule has 1 heterocycles. The predicted molar refractivity (Wildman–Crippen MR) is 67.4 cm³/mol. The van der Waals surface area contributed by atoms with Gasteiger partial charge in [-0.1, -0.05) is 11.6 Å². The zero-order chi connectivity index (χ0) is 12.5. The van der Waals surface area contributed by atoms with Gasteiger partial charge in [0, 0.05) is 17.1 Å². The molecule has 5 heteroatoms. The number of nitrogens with two attached hydrogens (primary N) is 1. The van der Waals surface area contributed by atoms with Crippen molar-refractivity contribution in [3.63, 3.8) is 0 Å². The molecule has 1 aromatic carbocycles. The lowest BCUT2D eigenvalue weighted by molar-refractivity contribution is 0.0672. The average Bonchev–Trinajstić information content (AvgIpc) is 2.56. The highest BCUT2D eigenvalue weighted by molar-refractivity contribution is 6.30. The van der Waals surface area contributed by atoms with Gasteiger partial charge in [-0.25, -0.2) is 4.79 Å². The van der Waals surface area contributed by atoms with Crippen LogP contribution in [0.1, 0.15) is 13.3 Å². The molecule has 1 amide bonds. The van der Waals surface area contributed by atoms with Crippen LogP contribution in [-0.2, 0) is 4.74 Å². The molecule has 2 rings (SSSR count). The summed E-state index contributed by atoms with van der Waals surface area (Å²) in [5.41, 5.74) is 5.81. The molecule has 1 aliphatic heterocycles. The maximum atomic E-state index is 11.8. The smallest absolute Gasteiger partial charge is 0.415 e. The third kappa shape index (κ3) is 2.53. The standard InChI is InChI=1S/C12H15ClN2O2/c1-12(6-7-14)8-15(11(16)17-12)10-4-2-9(13)3-5-10/h2-5H,6-8,14H2,1H3. The van der Waals surface area contributed by atoms with Crippen molar-refractivity contribution in [3.05, 3.63) is 29.3 Å². The van der Waals surface area contributed by atoms with Crippen molar-refractivity contribution < 1.29 is 9.53 Å². The van der Waals surface area contributed by atoms with Gasteiger partial charge in [0.25, 0.3) is 0 Å². The number of cyclic esters (lactones) is 1. The first kappa shape index (κ1) is 12.2. The number of hydrogen-bond acceptors (Lipinski definition) is 3. The molecular weight excluding hydrogens is 240 g/mol. The zero-order valence-corrected chi connectivity index (χ0v) is 10.4. The molecule has 0 aromatic heterocycles. The number of rotatable bonds is 3. The van der Waals surface area contributed by atoms with Gasteiger partial charge in [0.1, 0.15) is 5.60 Å². The number of amides is 1. The number of hydrogen-bond donors (Lipinski definition) is 1. The summed E-state index contributed by atoms with van der Waals surface area (Å²) in [6.07, 6.45) is 0.325. The van der Waals surface area contributed by atoms with Crippen LogP contribution >= 0.6 is 11.6 Å². The molecule has 92 valence electrons. The van der Waals surface area contributed by atoms with Crippen LogP contribution in [0.25, 0.3) is 0 Å². The van der Waals surface area contributed by atoms with Gasteiger partial charge >= 0.3 is 6.09 Å². The number of benzene rings is 1. The second-order valence-electron chi connectivity index (χ2n) is 4.42. The van der Waals surface area contributed by atoms with E-state index in [4.69, 9.17) is 22.1 Å². The molecule has 1 fully saturated rings. The molecule has 0 aliphatic carbocycles. The van der Waals surface area contributed by atoms with E-state index in [0.717, 1.165) is 5.69 Å². The second kappa shape index (κ2) is 4.55. The Bertz CT molecular complexity index is 421. The Morgan fingerprint density at radius 2 is 2.12 bits per heavy atom. The minimum Gasteiger partial charge on any atom is -0.441 e. The highest BCUT2D eigenvalue weighted by Crippen LogP contribution is 2.30. The molecule has 1 aromatic rings. The topological polar surface area (TPSA) is 55.6 Å². The van der Waals surface area contributed by atoms with Gasteiger partial charge in [-0.3, -0.25) is 4.90 Å². The number of nitrogens with zero attached hydrogens (tertiary/aromatic N) is 1. The Balaban J connectivity index is 2.18. The van der Waals surface area contributed by atoms with Gasteiger partial charge in [-0.15, -0.1) is 0 Å². The summed E-state index contributed by atoms with van der Waals surface area (Å²) in [6.45, 7) is 2.91. The Morgan fingerprint density at radius 1 is 1.47 bits per heavy atom. The van der Waals surface area contributed by atoms with Crippen molar-refractivity contribution in [1.29, 1.82) is 0 Å². The first-order chi connectivity index (χ1) is 8.04. The summed E-state index contributed by atoms with van der Waals surface area (Å²) < 4.78 is 5.36. The fourth-order valence-corrected chi connectivity index (χ4v) is 2.08. The van der Waals surface area contributed by atoms with Crippen LogP contribution in [0.15, 0.2) is 24.3 Å². The van der Waals surface area contributed by atoms with E-state index in [1.165, 1.54) is 0 Å². The summed E-state index contributed by atoms with van der Waals surface area (Å²) in [4.78, 5) is 13.4. The second-order valence-corrected chi connectivity index (χ2v) is 4.86. The highest BCUT2D eigenvalue weighted by Gasteiger charge is 2.41. The van der Waals surface area contributed by atoms with Gasteiger partial charge < -0.3 is 10.5 Å².